The second-order valence-electron chi connectivity index (χ2n) is 2.92. The molecule has 1 heterocycles. The highest BCUT2D eigenvalue weighted by atomic mass is 16.5. The first-order valence-electron chi connectivity index (χ1n) is 4.81. The van der Waals surface area contributed by atoms with Gasteiger partial charge in [-0.1, -0.05) is 0 Å². The molecule has 1 amide bonds. The van der Waals surface area contributed by atoms with E-state index in [9.17, 15) is 4.79 Å². The lowest BCUT2D eigenvalue weighted by Crippen LogP contribution is -2.14. The van der Waals surface area contributed by atoms with Crippen molar-refractivity contribution in [2.24, 2.45) is 5.73 Å². The van der Waals surface area contributed by atoms with Crippen LogP contribution in [0.15, 0.2) is 18.3 Å². The van der Waals surface area contributed by atoms with Gasteiger partial charge in [0.25, 0.3) is 5.91 Å². The minimum absolute atomic E-state index is 0.261. The van der Waals surface area contributed by atoms with Crippen LogP contribution in [0, 0.1) is 0 Å². The zero-order valence-corrected chi connectivity index (χ0v) is 8.69. The number of hydrogen-bond donors (Lipinski definition) is 2. The lowest BCUT2D eigenvalue weighted by molar-refractivity contribution is 0.0995. The second-order valence-corrected chi connectivity index (χ2v) is 2.92. The van der Waals surface area contributed by atoms with E-state index in [1.807, 2.05) is 6.92 Å². The highest BCUT2D eigenvalue weighted by Gasteiger charge is 2.01. The number of primary amides is 1. The third kappa shape index (κ3) is 3.95. The minimum atomic E-state index is -0.525. The number of hydrogen-bond acceptors (Lipinski definition) is 4. The third-order valence-corrected chi connectivity index (χ3v) is 1.79. The molecule has 0 atom stereocenters. The molecule has 15 heavy (non-hydrogen) atoms. The number of amides is 1. The van der Waals surface area contributed by atoms with Crippen LogP contribution in [0.25, 0.3) is 0 Å². The van der Waals surface area contributed by atoms with Gasteiger partial charge in [-0.15, -0.1) is 0 Å². The van der Waals surface area contributed by atoms with Crippen molar-refractivity contribution in [3.63, 3.8) is 0 Å². The topological polar surface area (TPSA) is 77.2 Å². The molecule has 0 aliphatic rings. The van der Waals surface area contributed by atoms with E-state index in [-0.39, 0.29) is 5.69 Å². The molecule has 5 heteroatoms. The summed E-state index contributed by atoms with van der Waals surface area (Å²) in [5, 5.41) is 3.10. The Morgan fingerprint density at radius 3 is 3.13 bits per heavy atom. The van der Waals surface area contributed by atoms with Gasteiger partial charge in [-0.3, -0.25) is 9.78 Å². The third-order valence-electron chi connectivity index (χ3n) is 1.79. The molecule has 0 saturated heterocycles. The standard InChI is InChI=1S/C10H15N3O2/c1-2-15-6-5-12-8-3-4-13-9(7-8)10(11)14/h3-4,7H,2,5-6H2,1H3,(H2,11,14)(H,12,13). The summed E-state index contributed by atoms with van der Waals surface area (Å²) in [6.07, 6.45) is 1.54. The number of carbonyl (C=O) groups excluding carboxylic acids is 1. The fourth-order valence-corrected chi connectivity index (χ4v) is 1.09. The summed E-state index contributed by atoms with van der Waals surface area (Å²) in [7, 11) is 0. The van der Waals surface area contributed by atoms with Crippen molar-refractivity contribution in [2.45, 2.75) is 6.92 Å². The second kappa shape index (κ2) is 5.98. The van der Waals surface area contributed by atoms with Gasteiger partial charge in [-0.2, -0.15) is 0 Å². The van der Waals surface area contributed by atoms with Gasteiger partial charge >= 0.3 is 0 Å². The Kier molecular flexibility index (Phi) is 4.56. The number of aromatic nitrogens is 1. The average molecular weight is 209 g/mol. The predicted molar refractivity (Wildman–Crippen MR) is 57.7 cm³/mol. The van der Waals surface area contributed by atoms with Gasteiger partial charge < -0.3 is 15.8 Å². The van der Waals surface area contributed by atoms with Crippen molar-refractivity contribution >= 4 is 11.6 Å². The Bertz CT molecular complexity index is 328. The molecule has 0 spiro atoms. The van der Waals surface area contributed by atoms with Crippen LogP contribution < -0.4 is 11.1 Å². The Morgan fingerprint density at radius 2 is 2.47 bits per heavy atom. The summed E-state index contributed by atoms with van der Waals surface area (Å²) in [4.78, 5) is 14.7. The van der Waals surface area contributed by atoms with E-state index in [4.69, 9.17) is 10.5 Å². The quantitative estimate of drug-likeness (QED) is 0.674. The summed E-state index contributed by atoms with van der Waals surface area (Å²) in [5.41, 5.74) is 6.18. The van der Waals surface area contributed by atoms with Crippen molar-refractivity contribution in [2.75, 3.05) is 25.1 Å². The summed E-state index contributed by atoms with van der Waals surface area (Å²) in [6.45, 7) is 3.96. The van der Waals surface area contributed by atoms with Crippen LogP contribution >= 0.6 is 0 Å². The highest BCUT2D eigenvalue weighted by molar-refractivity contribution is 5.91. The van der Waals surface area contributed by atoms with Crippen LogP contribution in [-0.2, 0) is 4.74 Å². The van der Waals surface area contributed by atoms with Gasteiger partial charge in [0, 0.05) is 25.0 Å². The van der Waals surface area contributed by atoms with E-state index < -0.39 is 5.91 Å². The van der Waals surface area contributed by atoms with Gasteiger partial charge in [0.2, 0.25) is 0 Å². The van der Waals surface area contributed by atoms with Gasteiger partial charge in [0.15, 0.2) is 0 Å². The number of pyridine rings is 1. The lowest BCUT2D eigenvalue weighted by Gasteiger charge is -2.06. The molecule has 0 unspecified atom stereocenters. The minimum Gasteiger partial charge on any atom is -0.383 e. The molecule has 5 nitrogen and oxygen atoms in total. The Labute approximate surface area is 88.6 Å². The zero-order valence-electron chi connectivity index (χ0n) is 8.69. The van der Waals surface area contributed by atoms with E-state index in [1.54, 1.807) is 18.3 Å². The number of nitrogens with zero attached hydrogens (tertiary/aromatic N) is 1. The Balaban J connectivity index is 2.47. The van der Waals surface area contributed by atoms with Crippen molar-refractivity contribution in [1.82, 2.24) is 4.98 Å². The molecular formula is C10H15N3O2. The van der Waals surface area contributed by atoms with Gasteiger partial charge in [0.05, 0.1) is 6.61 Å². The molecular weight excluding hydrogens is 194 g/mol. The number of ether oxygens (including phenoxy) is 1. The predicted octanol–water partition coefficient (Wildman–Crippen LogP) is 0.629. The highest BCUT2D eigenvalue weighted by Crippen LogP contribution is 2.06. The lowest BCUT2D eigenvalue weighted by atomic mass is 10.3. The van der Waals surface area contributed by atoms with Gasteiger partial charge in [0.1, 0.15) is 5.69 Å². The molecule has 0 saturated carbocycles. The molecule has 0 radical (unpaired) electrons. The SMILES string of the molecule is CCOCCNc1ccnc(C(N)=O)c1. The number of carbonyl (C=O) groups is 1. The van der Waals surface area contributed by atoms with Crippen LogP contribution in [0.3, 0.4) is 0 Å². The normalized spacial score (nSPS) is 9.93. The maximum atomic E-state index is 10.8. The number of nitrogens with two attached hydrogens (primary N) is 1. The maximum absolute atomic E-state index is 10.8. The van der Waals surface area contributed by atoms with E-state index >= 15 is 0 Å². The van der Waals surface area contributed by atoms with Crippen LogP contribution in [-0.4, -0.2) is 30.6 Å². The van der Waals surface area contributed by atoms with Gasteiger partial charge in [-0.05, 0) is 19.1 Å². The fraction of sp³-hybridized carbons (Fsp3) is 0.400. The first-order chi connectivity index (χ1) is 7.24. The molecule has 82 valence electrons. The molecule has 0 aliphatic carbocycles. The largest absolute Gasteiger partial charge is 0.383 e. The Hall–Kier alpha value is -1.62. The van der Waals surface area contributed by atoms with Crippen LogP contribution in [0.4, 0.5) is 5.69 Å². The van der Waals surface area contributed by atoms with Crippen molar-refractivity contribution < 1.29 is 9.53 Å². The van der Waals surface area contributed by atoms with Crippen LogP contribution in [0.2, 0.25) is 0 Å². The number of anilines is 1. The van der Waals surface area contributed by atoms with Crippen molar-refractivity contribution in [1.29, 1.82) is 0 Å². The van der Waals surface area contributed by atoms with Crippen LogP contribution in [0.5, 0.6) is 0 Å². The number of nitrogens with one attached hydrogen (secondary N) is 1. The summed E-state index contributed by atoms with van der Waals surface area (Å²) < 4.78 is 5.16. The van der Waals surface area contributed by atoms with Crippen molar-refractivity contribution in [3.8, 4) is 0 Å². The average Bonchev–Trinajstić information content (AvgIpc) is 2.25. The molecule has 0 aromatic carbocycles. The monoisotopic (exact) mass is 209 g/mol. The molecule has 0 aliphatic heterocycles. The Morgan fingerprint density at radius 1 is 1.67 bits per heavy atom. The summed E-state index contributed by atoms with van der Waals surface area (Å²) >= 11 is 0. The molecule has 3 N–H and O–H groups in total. The van der Waals surface area contributed by atoms with E-state index in [0.29, 0.717) is 19.8 Å². The van der Waals surface area contributed by atoms with Crippen LogP contribution in [0.1, 0.15) is 17.4 Å². The van der Waals surface area contributed by atoms with E-state index in [2.05, 4.69) is 10.3 Å². The van der Waals surface area contributed by atoms with Crippen molar-refractivity contribution in [3.05, 3.63) is 24.0 Å². The first-order valence-corrected chi connectivity index (χ1v) is 4.81. The van der Waals surface area contributed by atoms with E-state index in [0.717, 1.165) is 5.69 Å². The zero-order chi connectivity index (χ0) is 11.1. The number of rotatable bonds is 6. The van der Waals surface area contributed by atoms with Gasteiger partial charge in [-0.25, -0.2) is 0 Å². The molecule has 0 fully saturated rings. The smallest absolute Gasteiger partial charge is 0.267 e. The molecule has 0 bridgehead atoms. The van der Waals surface area contributed by atoms with E-state index in [1.165, 1.54) is 0 Å². The molecule has 1 rings (SSSR count). The maximum Gasteiger partial charge on any atom is 0.267 e. The summed E-state index contributed by atoms with van der Waals surface area (Å²) in [5.74, 6) is -0.525. The summed E-state index contributed by atoms with van der Waals surface area (Å²) in [6, 6.07) is 3.40. The molecule has 1 aromatic rings. The molecule has 1 aromatic heterocycles. The first kappa shape index (κ1) is 11.5. The fourth-order valence-electron chi connectivity index (χ4n) is 1.09.